The Balaban J connectivity index is 1.31. The number of ether oxygens (including phenoxy) is 1. The van der Waals surface area contributed by atoms with Crippen molar-refractivity contribution in [1.29, 1.82) is 0 Å². The third-order valence-electron chi connectivity index (χ3n) is 6.02. The van der Waals surface area contributed by atoms with Crippen molar-refractivity contribution < 1.29 is 20.1 Å². The van der Waals surface area contributed by atoms with Crippen LogP contribution in [0.2, 0.25) is 0 Å². The monoisotopic (exact) mass is 413 g/mol. The van der Waals surface area contributed by atoms with Crippen molar-refractivity contribution in [2.24, 2.45) is 0 Å². The molecule has 3 atom stereocenters. The second-order valence-electron chi connectivity index (χ2n) is 8.33. The summed E-state index contributed by atoms with van der Waals surface area (Å²) in [7, 11) is 0. The number of piperidine rings is 1. The highest BCUT2D eigenvalue weighted by atomic mass is 16.5. The minimum absolute atomic E-state index is 0.0233. The summed E-state index contributed by atoms with van der Waals surface area (Å²) in [6.45, 7) is 4.76. The van der Waals surface area contributed by atoms with Gasteiger partial charge < -0.3 is 20.1 Å². The molecule has 2 aromatic rings. The Kier molecular flexibility index (Phi) is 8.85. The average Bonchev–Trinajstić information content (AvgIpc) is 2.76. The van der Waals surface area contributed by atoms with Gasteiger partial charge in [-0.3, -0.25) is 4.90 Å². The van der Waals surface area contributed by atoms with Crippen molar-refractivity contribution in [1.82, 2.24) is 4.90 Å². The van der Waals surface area contributed by atoms with E-state index in [2.05, 4.69) is 60.4 Å². The lowest BCUT2D eigenvalue weighted by Crippen LogP contribution is -2.53. The molecule has 5 heteroatoms. The third kappa shape index (κ3) is 6.37. The van der Waals surface area contributed by atoms with Gasteiger partial charge in [0.05, 0.1) is 25.4 Å². The molecule has 1 aliphatic heterocycles. The number of β-amino-alcohol motifs (C(OH)–C–C–N with tert-alkyl or cyclic N) is 1. The van der Waals surface area contributed by atoms with Crippen LogP contribution in [-0.2, 0) is 11.3 Å². The fourth-order valence-corrected chi connectivity index (χ4v) is 4.12. The van der Waals surface area contributed by atoms with E-state index in [0.29, 0.717) is 19.6 Å². The molecule has 5 nitrogen and oxygen atoms in total. The van der Waals surface area contributed by atoms with Crippen molar-refractivity contribution in [3.05, 3.63) is 59.7 Å². The van der Waals surface area contributed by atoms with Gasteiger partial charge in [-0.05, 0) is 61.4 Å². The lowest BCUT2D eigenvalue weighted by atomic mass is 9.97. The number of hydrogen-bond donors (Lipinski definition) is 3. The van der Waals surface area contributed by atoms with Crippen LogP contribution in [-0.4, -0.2) is 64.8 Å². The molecule has 1 unspecified atom stereocenters. The van der Waals surface area contributed by atoms with E-state index >= 15 is 0 Å². The fraction of sp³-hybridized carbons (Fsp3) is 0.520. The van der Waals surface area contributed by atoms with Gasteiger partial charge in [-0.25, -0.2) is 0 Å². The topological polar surface area (TPSA) is 73.2 Å². The van der Waals surface area contributed by atoms with Crippen molar-refractivity contribution in [3.8, 4) is 11.1 Å². The predicted molar refractivity (Wildman–Crippen MR) is 119 cm³/mol. The van der Waals surface area contributed by atoms with Crippen LogP contribution < -0.4 is 0 Å². The van der Waals surface area contributed by atoms with Crippen LogP contribution >= 0.6 is 0 Å². The second-order valence-corrected chi connectivity index (χ2v) is 8.33. The first kappa shape index (κ1) is 22.9. The number of rotatable bonds is 10. The Morgan fingerprint density at radius 2 is 1.73 bits per heavy atom. The zero-order valence-corrected chi connectivity index (χ0v) is 17.9. The van der Waals surface area contributed by atoms with E-state index in [1.165, 1.54) is 22.3 Å². The first-order valence-corrected chi connectivity index (χ1v) is 11.0. The summed E-state index contributed by atoms with van der Waals surface area (Å²) in [6.07, 6.45) is 2.02. The van der Waals surface area contributed by atoms with E-state index < -0.39 is 12.2 Å². The van der Waals surface area contributed by atoms with E-state index in [1.807, 2.05) is 0 Å². The highest BCUT2D eigenvalue weighted by Crippen LogP contribution is 2.23. The molecule has 0 spiro atoms. The van der Waals surface area contributed by atoms with Crippen molar-refractivity contribution in [2.45, 2.75) is 57.5 Å². The van der Waals surface area contributed by atoms with Crippen molar-refractivity contribution in [2.75, 3.05) is 26.3 Å². The van der Waals surface area contributed by atoms with Gasteiger partial charge in [0, 0.05) is 19.2 Å². The molecule has 0 radical (unpaired) electrons. The predicted octanol–water partition coefficient (Wildman–Crippen LogP) is 3.14. The van der Waals surface area contributed by atoms with E-state index in [1.54, 1.807) is 0 Å². The van der Waals surface area contributed by atoms with Crippen molar-refractivity contribution in [3.63, 3.8) is 0 Å². The molecule has 1 heterocycles. The maximum Gasteiger partial charge on any atom is 0.0926 e. The Morgan fingerprint density at radius 3 is 2.47 bits per heavy atom. The molecule has 2 aromatic carbocycles. The number of unbranched alkanes of at least 4 members (excludes halogenated alkanes) is 2. The SMILES string of the molecule is Cc1ccccc1-c1ccc(COCCCCCN2C[C@H](O)C(O)C[C@@H]2CO)cc1. The van der Waals surface area contributed by atoms with E-state index in [-0.39, 0.29) is 12.6 Å². The number of likely N-dealkylation sites (tertiary alicyclic amines) is 1. The normalized spacial score (nSPS) is 22.3. The van der Waals surface area contributed by atoms with Gasteiger partial charge in [-0.15, -0.1) is 0 Å². The van der Waals surface area contributed by atoms with Gasteiger partial charge >= 0.3 is 0 Å². The molecule has 0 bridgehead atoms. The smallest absolute Gasteiger partial charge is 0.0926 e. The first-order valence-electron chi connectivity index (χ1n) is 11.0. The Bertz CT molecular complexity index is 764. The Hall–Kier alpha value is -1.76. The van der Waals surface area contributed by atoms with Crippen LogP contribution in [0.4, 0.5) is 0 Å². The number of aliphatic hydroxyl groups is 3. The number of benzene rings is 2. The Labute approximate surface area is 179 Å². The van der Waals surface area contributed by atoms with Gasteiger partial charge in [0.15, 0.2) is 0 Å². The summed E-state index contributed by atoms with van der Waals surface area (Å²) in [5, 5.41) is 29.1. The molecule has 1 fully saturated rings. The largest absolute Gasteiger partial charge is 0.395 e. The summed E-state index contributed by atoms with van der Waals surface area (Å²) in [6, 6.07) is 16.9. The molecule has 30 heavy (non-hydrogen) atoms. The molecule has 3 rings (SSSR count). The maximum absolute atomic E-state index is 9.84. The van der Waals surface area contributed by atoms with Gasteiger partial charge in [-0.2, -0.15) is 0 Å². The lowest BCUT2D eigenvalue weighted by molar-refractivity contribution is -0.0711. The van der Waals surface area contributed by atoms with Gasteiger partial charge in [0.25, 0.3) is 0 Å². The highest BCUT2D eigenvalue weighted by Gasteiger charge is 2.32. The van der Waals surface area contributed by atoms with Crippen LogP contribution in [0.3, 0.4) is 0 Å². The van der Waals surface area contributed by atoms with Crippen molar-refractivity contribution >= 4 is 0 Å². The lowest BCUT2D eigenvalue weighted by Gasteiger charge is -2.39. The molecule has 0 amide bonds. The molecule has 0 aliphatic carbocycles. The maximum atomic E-state index is 9.84. The van der Waals surface area contributed by atoms with Gasteiger partial charge in [0.1, 0.15) is 0 Å². The molecule has 1 saturated heterocycles. The standard InChI is InChI=1S/C25H35NO4/c1-19-7-3-4-8-23(19)21-11-9-20(10-12-21)18-30-14-6-2-5-13-26-16-25(29)24(28)15-22(26)17-27/h3-4,7-12,22,24-25,27-29H,2,5-6,13-18H2,1H3/t22-,24?,25+/m1/s1. The Morgan fingerprint density at radius 1 is 0.967 bits per heavy atom. The van der Waals surface area contributed by atoms with E-state index in [9.17, 15) is 15.3 Å². The minimum Gasteiger partial charge on any atom is -0.395 e. The van der Waals surface area contributed by atoms with Crippen LogP contribution in [0.5, 0.6) is 0 Å². The molecule has 164 valence electrons. The second kappa shape index (κ2) is 11.6. The van der Waals surface area contributed by atoms with Crippen LogP contribution in [0.1, 0.15) is 36.8 Å². The molecule has 0 saturated carbocycles. The van der Waals surface area contributed by atoms with Crippen LogP contribution in [0.25, 0.3) is 11.1 Å². The zero-order valence-electron chi connectivity index (χ0n) is 17.9. The average molecular weight is 414 g/mol. The number of nitrogens with zero attached hydrogens (tertiary/aromatic N) is 1. The minimum atomic E-state index is -0.724. The zero-order chi connectivity index (χ0) is 21.3. The molecule has 1 aliphatic rings. The molecular formula is C25H35NO4. The summed E-state index contributed by atoms with van der Waals surface area (Å²) in [5.74, 6) is 0. The van der Waals surface area contributed by atoms with Gasteiger partial charge in [-0.1, -0.05) is 48.5 Å². The van der Waals surface area contributed by atoms with E-state index in [4.69, 9.17) is 4.74 Å². The molecule has 0 aromatic heterocycles. The van der Waals surface area contributed by atoms with E-state index in [0.717, 1.165) is 32.4 Å². The van der Waals surface area contributed by atoms with Crippen LogP contribution in [0, 0.1) is 6.92 Å². The van der Waals surface area contributed by atoms with Crippen LogP contribution in [0.15, 0.2) is 48.5 Å². The summed E-state index contributed by atoms with van der Waals surface area (Å²) >= 11 is 0. The fourth-order valence-electron chi connectivity index (χ4n) is 4.12. The van der Waals surface area contributed by atoms with Gasteiger partial charge in [0.2, 0.25) is 0 Å². The molecule has 3 N–H and O–H groups in total. The number of aryl methyl sites for hydroxylation is 1. The summed E-state index contributed by atoms with van der Waals surface area (Å²) in [5.41, 5.74) is 4.96. The summed E-state index contributed by atoms with van der Waals surface area (Å²) in [4.78, 5) is 2.09. The quantitative estimate of drug-likeness (QED) is 0.522. The first-order chi connectivity index (χ1) is 14.6. The third-order valence-corrected chi connectivity index (χ3v) is 6.02. The number of aliphatic hydroxyl groups excluding tert-OH is 3. The summed E-state index contributed by atoms with van der Waals surface area (Å²) < 4.78 is 5.83. The number of hydrogen-bond acceptors (Lipinski definition) is 5. The molecular weight excluding hydrogens is 378 g/mol. The highest BCUT2D eigenvalue weighted by molar-refractivity contribution is 5.67.